The fourth-order valence-electron chi connectivity index (χ4n) is 1.72. The number of nitrogens with zero attached hydrogens (tertiary/aromatic N) is 4. The molecule has 0 aliphatic heterocycles. The summed E-state index contributed by atoms with van der Waals surface area (Å²) in [5.41, 5.74) is 1.40. The van der Waals surface area contributed by atoms with Gasteiger partial charge in [-0.25, -0.2) is 15.0 Å². The Balaban J connectivity index is 1.76. The van der Waals surface area contributed by atoms with Crippen molar-refractivity contribution in [3.63, 3.8) is 0 Å². The topological polar surface area (TPSA) is 72.7 Å². The highest BCUT2D eigenvalue weighted by molar-refractivity contribution is 5.96. The predicted octanol–water partition coefficient (Wildman–Crippen LogP) is 2.11. The number of hydrogen-bond acceptors (Lipinski definition) is 5. The number of carbonyl (C=O) groups is 1. The van der Waals surface area contributed by atoms with E-state index in [9.17, 15) is 4.79 Å². The molecule has 3 rings (SSSR count). The fraction of sp³-hybridized carbons (Fsp3) is 0. The molecule has 0 aliphatic rings. The molecule has 0 amide bonds. The highest BCUT2D eigenvalue weighted by Gasteiger charge is 2.07. The summed E-state index contributed by atoms with van der Waals surface area (Å²) in [6.07, 6.45) is 7.98. The molecular weight excluding hydrogens is 254 g/mol. The van der Waals surface area contributed by atoms with Crippen LogP contribution in [0.4, 0.5) is 11.6 Å². The second kappa shape index (κ2) is 5.31. The Morgan fingerprint density at radius 1 is 1.05 bits per heavy atom. The van der Waals surface area contributed by atoms with Gasteiger partial charge in [0.15, 0.2) is 0 Å². The molecule has 6 heteroatoms. The van der Waals surface area contributed by atoms with E-state index in [0.29, 0.717) is 11.5 Å². The van der Waals surface area contributed by atoms with Gasteiger partial charge in [-0.1, -0.05) is 0 Å². The van der Waals surface area contributed by atoms with Crippen LogP contribution in [0, 0.1) is 0 Å². The summed E-state index contributed by atoms with van der Waals surface area (Å²) < 4.78 is 1.43. The number of benzene rings is 1. The van der Waals surface area contributed by atoms with E-state index in [0.717, 1.165) is 5.69 Å². The van der Waals surface area contributed by atoms with Crippen molar-refractivity contribution in [2.75, 3.05) is 5.32 Å². The maximum Gasteiger partial charge on any atom is 0.263 e. The molecule has 1 N–H and O–H groups in total. The summed E-state index contributed by atoms with van der Waals surface area (Å²) in [5.74, 6) is 0.395. The van der Waals surface area contributed by atoms with Crippen LogP contribution in [-0.2, 0) is 0 Å². The number of carbonyl (C=O) groups excluding carboxylic acids is 1. The summed E-state index contributed by atoms with van der Waals surface area (Å²) in [7, 11) is 0. The Hall–Kier alpha value is -3.02. The van der Waals surface area contributed by atoms with Crippen LogP contribution in [0.3, 0.4) is 0 Å². The highest BCUT2D eigenvalue weighted by Crippen LogP contribution is 2.14. The van der Waals surface area contributed by atoms with Gasteiger partial charge < -0.3 is 5.32 Å². The van der Waals surface area contributed by atoms with Gasteiger partial charge in [-0.05, 0) is 30.3 Å². The molecule has 1 aromatic carbocycles. The van der Waals surface area contributed by atoms with E-state index in [-0.39, 0.29) is 5.91 Å². The summed E-state index contributed by atoms with van der Waals surface area (Å²) in [4.78, 5) is 24.1. The van der Waals surface area contributed by atoms with Gasteiger partial charge >= 0.3 is 0 Å². The summed E-state index contributed by atoms with van der Waals surface area (Å²) >= 11 is 0. The first kappa shape index (κ1) is 12.0. The van der Waals surface area contributed by atoms with E-state index < -0.39 is 0 Å². The number of anilines is 2. The van der Waals surface area contributed by atoms with Crippen molar-refractivity contribution in [1.29, 1.82) is 0 Å². The van der Waals surface area contributed by atoms with Gasteiger partial charge in [0.25, 0.3) is 5.91 Å². The number of nitrogens with one attached hydrogen (secondary N) is 1. The van der Waals surface area contributed by atoms with Crippen LogP contribution in [-0.4, -0.2) is 25.4 Å². The van der Waals surface area contributed by atoms with E-state index in [4.69, 9.17) is 0 Å². The van der Waals surface area contributed by atoms with E-state index >= 15 is 0 Å². The second-order valence-corrected chi connectivity index (χ2v) is 4.05. The first-order valence-corrected chi connectivity index (χ1v) is 6.00. The van der Waals surface area contributed by atoms with Gasteiger partial charge in [0.2, 0.25) is 5.95 Å². The molecule has 6 nitrogen and oxygen atoms in total. The minimum absolute atomic E-state index is 0.120. The Morgan fingerprint density at radius 3 is 2.45 bits per heavy atom. The zero-order valence-electron chi connectivity index (χ0n) is 10.5. The summed E-state index contributed by atoms with van der Waals surface area (Å²) in [5, 5.41) is 3.05. The van der Waals surface area contributed by atoms with Gasteiger partial charge in [-0.3, -0.25) is 9.36 Å². The molecule has 0 bridgehead atoms. The van der Waals surface area contributed by atoms with Crippen molar-refractivity contribution < 1.29 is 4.79 Å². The zero-order valence-corrected chi connectivity index (χ0v) is 10.5. The van der Waals surface area contributed by atoms with Crippen LogP contribution < -0.4 is 5.32 Å². The first-order valence-electron chi connectivity index (χ1n) is 6.00. The molecule has 3 aromatic rings. The fourth-order valence-corrected chi connectivity index (χ4v) is 1.72. The Bertz CT molecular complexity index is 692. The number of rotatable bonds is 3. The van der Waals surface area contributed by atoms with Crippen molar-refractivity contribution in [2.24, 2.45) is 0 Å². The van der Waals surface area contributed by atoms with Crippen molar-refractivity contribution in [3.05, 3.63) is 67.0 Å². The molecular formula is C14H11N5O. The molecule has 0 fully saturated rings. The molecule has 0 unspecified atom stereocenters. The summed E-state index contributed by atoms with van der Waals surface area (Å²) in [6.45, 7) is 0. The van der Waals surface area contributed by atoms with Crippen LogP contribution >= 0.6 is 0 Å². The summed E-state index contributed by atoms with van der Waals surface area (Å²) in [6, 6.07) is 8.85. The Labute approximate surface area is 115 Å². The van der Waals surface area contributed by atoms with E-state index in [1.165, 1.54) is 10.9 Å². The van der Waals surface area contributed by atoms with Crippen LogP contribution in [0.2, 0.25) is 0 Å². The third-order valence-corrected chi connectivity index (χ3v) is 2.69. The normalized spacial score (nSPS) is 10.2. The molecule has 0 radical (unpaired) electrons. The van der Waals surface area contributed by atoms with Crippen LogP contribution in [0.1, 0.15) is 10.4 Å². The van der Waals surface area contributed by atoms with Crippen LogP contribution in [0.15, 0.2) is 61.4 Å². The lowest BCUT2D eigenvalue weighted by molar-refractivity contribution is 0.0960. The predicted molar refractivity (Wildman–Crippen MR) is 73.7 cm³/mol. The van der Waals surface area contributed by atoms with Crippen molar-refractivity contribution in [3.8, 4) is 0 Å². The molecule has 2 heterocycles. The van der Waals surface area contributed by atoms with Gasteiger partial charge in [0, 0.05) is 36.0 Å². The number of hydrogen-bond donors (Lipinski definition) is 1. The number of imidazole rings is 1. The SMILES string of the molecule is O=C(c1ccc(Nc2ncccn2)cc1)n1ccnc1. The van der Waals surface area contributed by atoms with Crippen molar-refractivity contribution in [1.82, 2.24) is 19.5 Å². The molecule has 2 aromatic heterocycles. The van der Waals surface area contributed by atoms with E-state index in [1.807, 2.05) is 0 Å². The first-order chi connectivity index (χ1) is 9.83. The maximum absolute atomic E-state index is 12.1. The monoisotopic (exact) mass is 265 g/mol. The quantitative estimate of drug-likeness (QED) is 0.785. The second-order valence-electron chi connectivity index (χ2n) is 4.05. The van der Waals surface area contributed by atoms with Crippen molar-refractivity contribution >= 4 is 17.5 Å². The van der Waals surface area contributed by atoms with Gasteiger partial charge in [-0.15, -0.1) is 0 Å². The average Bonchev–Trinajstić information content (AvgIpc) is 3.03. The third-order valence-electron chi connectivity index (χ3n) is 2.69. The average molecular weight is 265 g/mol. The van der Waals surface area contributed by atoms with E-state index in [1.54, 1.807) is 55.1 Å². The van der Waals surface area contributed by atoms with Crippen LogP contribution in [0.25, 0.3) is 0 Å². The minimum atomic E-state index is -0.120. The molecule has 0 atom stereocenters. The lowest BCUT2D eigenvalue weighted by atomic mass is 10.2. The minimum Gasteiger partial charge on any atom is -0.324 e. The molecule has 0 spiro atoms. The van der Waals surface area contributed by atoms with Crippen molar-refractivity contribution in [2.45, 2.75) is 0 Å². The third kappa shape index (κ3) is 2.54. The van der Waals surface area contributed by atoms with Crippen LogP contribution in [0.5, 0.6) is 0 Å². The molecule has 0 saturated heterocycles. The highest BCUT2D eigenvalue weighted by atomic mass is 16.2. The maximum atomic E-state index is 12.1. The molecule has 98 valence electrons. The smallest absolute Gasteiger partial charge is 0.263 e. The zero-order chi connectivity index (χ0) is 13.8. The lowest BCUT2D eigenvalue weighted by Gasteiger charge is -2.05. The number of aromatic nitrogens is 4. The van der Waals surface area contributed by atoms with Gasteiger partial charge in [0.1, 0.15) is 6.33 Å². The largest absolute Gasteiger partial charge is 0.324 e. The Morgan fingerprint density at radius 2 is 1.80 bits per heavy atom. The molecule has 20 heavy (non-hydrogen) atoms. The molecule has 0 aliphatic carbocycles. The Kier molecular flexibility index (Phi) is 3.20. The van der Waals surface area contributed by atoms with Gasteiger partial charge in [-0.2, -0.15) is 0 Å². The van der Waals surface area contributed by atoms with Gasteiger partial charge in [0.05, 0.1) is 0 Å². The lowest BCUT2D eigenvalue weighted by Crippen LogP contribution is -2.09. The standard InChI is InChI=1S/C14H11N5O/c20-13(19-9-8-15-10-19)11-2-4-12(5-3-11)18-14-16-6-1-7-17-14/h1-10H,(H,16,17,18). The molecule has 0 saturated carbocycles. The van der Waals surface area contributed by atoms with E-state index in [2.05, 4.69) is 20.3 Å².